The number of aryl methyl sites for hydroxylation is 1. The quantitative estimate of drug-likeness (QED) is 0.716. The van der Waals surface area contributed by atoms with Gasteiger partial charge >= 0.3 is 6.18 Å². The highest BCUT2D eigenvalue weighted by atomic mass is 19.4. The lowest BCUT2D eigenvalue weighted by molar-refractivity contribution is -0.142. The number of rotatable bonds is 8. The minimum atomic E-state index is -4.53. The Morgan fingerprint density at radius 2 is 2.11 bits per heavy atom. The highest BCUT2D eigenvalue weighted by Gasteiger charge is 2.37. The van der Waals surface area contributed by atoms with Crippen molar-refractivity contribution in [2.75, 3.05) is 40.4 Å². The van der Waals surface area contributed by atoms with E-state index in [1.807, 2.05) is 14.1 Å². The minimum absolute atomic E-state index is 0.132. The van der Waals surface area contributed by atoms with Gasteiger partial charge in [-0.25, -0.2) is 0 Å². The van der Waals surface area contributed by atoms with Crippen molar-refractivity contribution in [1.82, 2.24) is 20.4 Å². The van der Waals surface area contributed by atoms with Gasteiger partial charge in [-0.05, 0) is 38.7 Å². The lowest BCUT2D eigenvalue weighted by Crippen LogP contribution is -2.39. The van der Waals surface area contributed by atoms with Gasteiger partial charge < -0.3 is 19.7 Å². The second kappa shape index (κ2) is 8.50. The summed E-state index contributed by atoms with van der Waals surface area (Å²) in [5.41, 5.74) is 1.41. The molecule has 0 radical (unpaired) electrons. The number of aromatic nitrogens is 2. The standard InChI is InChI=1S/C19H25F3N4O2/c1-12-6-13(17-14(8-24-25-17)9-26(3)5-4-23-2)7-16(19(20,21)22)18(12)28-15-10-27-11-15/h6-8,15,23H,4-5,9-11H2,1-3H3,(H,24,25). The van der Waals surface area contributed by atoms with E-state index in [-0.39, 0.29) is 11.9 Å². The second-order valence-corrected chi connectivity index (χ2v) is 7.05. The summed E-state index contributed by atoms with van der Waals surface area (Å²) >= 11 is 0. The molecule has 6 nitrogen and oxygen atoms in total. The molecule has 1 aliphatic rings. The SMILES string of the molecule is CNCCN(C)Cc1c[nH]nc1-c1cc(C)c(OC2COC2)c(C(F)(F)F)c1. The van der Waals surface area contributed by atoms with Gasteiger partial charge in [0, 0.05) is 37.0 Å². The fourth-order valence-electron chi connectivity index (χ4n) is 3.08. The van der Waals surface area contributed by atoms with E-state index in [0.29, 0.717) is 36.6 Å². The maximum absolute atomic E-state index is 13.7. The molecule has 0 atom stereocenters. The molecule has 0 unspecified atom stereocenters. The normalized spacial score (nSPS) is 15.1. The van der Waals surface area contributed by atoms with Gasteiger partial charge in [0.2, 0.25) is 0 Å². The van der Waals surface area contributed by atoms with Crippen LogP contribution in [0.3, 0.4) is 0 Å². The Bertz CT molecular complexity index is 803. The summed E-state index contributed by atoms with van der Waals surface area (Å²) in [5.74, 6) is -0.132. The van der Waals surface area contributed by atoms with E-state index in [1.165, 1.54) is 0 Å². The molecule has 1 saturated heterocycles. The topological polar surface area (TPSA) is 62.4 Å². The lowest BCUT2D eigenvalue weighted by atomic mass is 10.00. The zero-order valence-corrected chi connectivity index (χ0v) is 16.2. The molecule has 1 aromatic heterocycles. The summed E-state index contributed by atoms with van der Waals surface area (Å²) in [6.45, 7) is 4.44. The number of ether oxygens (including phenoxy) is 2. The second-order valence-electron chi connectivity index (χ2n) is 7.05. The Balaban J connectivity index is 1.93. The first-order chi connectivity index (χ1) is 13.3. The summed E-state index contributed by atoms with van der Waals surface area (Å²) in [5, 5.41) is 10.1. The Morgan fingerprint density at radius 3 is 2.71 bits per heavy atom. The van der Waals surface area contributed by atoms with E-state index < -0.39 is 11.7 Å². The summed E-state index contributed by atoms with van der Waals surface area (Å²) in [4.78, 5) is 2.08. The number of H-pyrrole nitrogens is 1. The summed E-state index contributed by atoms with van der Waals surface area (Å²) in [7, 11) is 3.83. The van der Waals surface area contributed by atoms with Crippen LogP contribution in [0.4, 0.5) is 13.2 Å². The van der Waals surface area contributed by atoms with Gasteiger partial charge in [0.15, 0.2) is 0 Å². The van der Waals surface area contributed by atoms with E-state index >= 15 is 0 Å². The van der Waals surface area contributed by atoms with Crippen LogP contribution in [0.15, 0.2) is 18.3 Å². The van der Waals surface area contributed by atoms with Crippen LogP contribution in [-0.4, -0.2) is 61.6 Å². The summed E-state index contributed by atoms with van der Waals surface area (Å²) in [6.07, 6.45) is -3.14. The maximum atomic E-state index is 13.7. The Labute approximate surface area is 162 Å². The number of benzene rings is 1. The largest absolute Gasteiger partial charge is 0.485 e. The molecule has 0 spiro atoms. The molecule has 28 heavy (non-hydrogen) atoms. The molecule has 1 aromatic carbocycles. The number of hydrogen-bond donors (Lipinski definition) is 2. The molecule has 1 fully saturated rings. The van der Waals surface area contributed by atoms with Crippen molar-refractivity contribution in [2.45, 2.75) is 25.7 Å². The third kappa shape index (κ3) is 4.65. The maximum Gasteiger partial charge on any atom is 0.419 e. The van der Waals surface area contributed by atoms with Crippen LogP contribution in [0, 0.1) is 6.92 Å². The van der Waals surface area contributed by atoms with Crippen molar-refractivity contribution >= 4 is 0 Å². The van der Waals surface area contributed by atoms with Gasteiger partial charge in [0.05, 0.1) is 24.5 Å². The average molecular weight is 398 g/mol. The molecule has 2 aromatic rings. The van der Waals surface area contributed by atoms with E-state index in [9.17, 15) is 13.2 Å². The van der Waals surface area contributed by atoms with E-state index in [4.69, 9.17) is 9.47 Å². The van der Waals surface area contributed by atoms with E-state index in [1.54, 1.807) is 19.2 Å². The fourth-order valence-corrected chi connectivity index (χ4v) is 3.08. The Morgan fingerprint density at radius 1 is 1.36 bits per heavy atom. The predicted molar refractivity (Wildman–Crippen MR) is 99.3 cm³/mol. The number of nitrogens with one attached hydrogen (secondary N) is 2. The number of likely N-dealkylation sites (N-methyl/N-ethyl adjacent to an activating group) is 2. The molecule has 9 heteroatoms. The van der Waals surface area contributed by atoms with Crippen molar-refractivity contribution in [3.8, 4) is 17.0 Å². The van der Waals surface area contributed by atoms with Crippen LogP contribution < -0.4 is 10.1 Å². The molecule has 1 aliphatic heterocycles. The number of nitrogens with zero attached hydrogens (tertiary/aromatic N) is 2. The van der Waals surface area contributed by atoms with E-state index in [0.717, 1.165) is 24.7 Å². The van der Waals surface area contributed by atoms with Crippen molar-refractivity contribution in [2.24, 2.45) is 0 Å². The summed E-state index contributed by atoms with van der Waals surface area (Å²) in [6, 6.07) is 2.81. The van der Waals surface area contributed by atoms with Crippen molar-refractivity contribution in [1.29, 1.82) is 0 Å². The number of aromatic amines is 1. The van der Waals surface area contributed by atoms with Crippen LogP contribution in [0.25, 0.3) is 11.3 Å². The molecule has 2 N–H and O–H groups in total. The Kier molecular flexibility index (Phi) is 6.26. The molecule has 0 amide bonds. The third-order valence-corrected chi connectivity index (χ3v) is 4.65. The number of halogens is 3. The highest BCUT2D eigenvalue weighted by molar-refractivity contribution is 5.67. The molecular formula is C19H25F3N4O2. The van der Waals surface area contributed by atoms with Gasteiger partial charge in [-0.1, -0.05) is 0 Å². The first-order valence-electron chi connectivity index (χ1n) is 9.12. The first-order valence-corrected chi connectivity index (χ1v) is 9.12. The predicted octanol–water partition coefficient (Wildman–Crippen LogP) is 2.83. The van der Waals surface area contributed by atoms with Crippen LogP contribution in [0.5, 0.6) is 5.75 Å². The summed E-state index contributed by atoms with van der Waals surface area (Å²) < 4.78 is 51.7. The molecule has 154 valence electrons. The number of hydrogen-bond acceptors (Lipinski definition) is 5. The van der Waals surface area contributed by atoms with E-state index in [2.05, 4.69) is 20.4 Å². The van der Waals surface area contributed by atoms with Crippen LogP contribution in [0.1, 0.15) is 16.7 Å². The van der Waals surface area contributed by atoms with Gasteiger partial charge in [-0.15, -0.1) is 0 Å². The monoisotopic (exact) mass is 398 g/mol. The zero-order chi connectivity index (χ0) is 20.3. The van der Waals surface area contributed by atoms with Crippen molar-refractivity contribution in [3.63, 3.8) is 0 Å². The third-order valence-electron chi connectivity index (χ3n) is 4.65. The van der Waals surface area contributed by atoms with Crippen LogP contribution in [0.2, 0.25) is 0 Å². The number of alkyl halides is 3. The van der Waals surface area contributed by atoms with Crippen molar-refractivity contribution in [3.05, 3.63) is 35.0 Å². The van der Waals surface area contributed by atoms with Gasteiger partial charge in [-0.2, -0.15) is 18.3 Å². The average Bonchev–Trinajstić information content (AvgIpc) is 3.03. The molecule has 0 aliphatic carbocycles. The van der Waals surface area contributed by atoms with Crippen LogP contribution >= 0.6 is 0 Å². The molecule has 0 bridgehead atoms. The molecule has 2 heterocycles. The van der Waals surface area contributed by atoms with Crippen molar-refractivity contribution < 1.29 is 22.6 Å². The fraction of sp³-hybridized carbons (Fsp3) is 0.526. The van der Waals surface area contributed by atoms with Gasteiger partial charge in [-0.3, -0.25) is 5.10 Å². The molecule has 0 saturated carbocycles. The Hall–Kier alpha value is -2.10. The highest BCUT2D eigenvalue weighted by Crippen LogP contribution is 2.42. The minimum Gasteiger partial charge on any atom is -0.485 e. The molecule has 3 rings (SSSR count). The smallest absolute Gasteiger partial charge is 0.419 e. The first kappa shape index (κ1) is 20.6. The van der Waals surface area contributed by atoms with Gasteiger partial charge in [0.25, 0.3) is 0 Å². The lowest BCUT2D eigenvalue weighted by Gasteiger charge is -2.29. The zero-order valence-electron chi connectivity index (χ0n) is 16.2. The van der Waals surface area contributed by atoms with Crippen LogP contribution in [-0.2, 0) is 17.5 Å². The molecular weight excluding hydrogens is 373 g/mol. The van der Waals surface area contributed by atoms with Gasteiger partial charge in [0.1, 0.15) is 11.9 Å².